The molecule has 124 valence electrons. The molecule has 0 saturated carbocycles. The average molecular weight is 324 g/mol. The van der Waals surface area contributed by atoms with E-state index in [1.54, 1.807) is 23.9 Å². The number of aryl methyl sites for hydroxylation is 2. The molecule has 6 heteroatoms. The standard InChI is InChI=1S/C18H20N4O2/c1-12-9-20-15(10-19-12)11-21-17-6-4-14-8-13(2-5-16(14)17)3-7-18(23)22-24/h2-3,5,7-10,17,21,24H,4,6,11H2,1H3,(H,22,23)/b7-3+. The summed E-state index contributed by atoms with van der Waals surface area (Å²) in [4.78, 5) is 19.7. The Hall–Kier alpha value is -2.57. The summed E-state index contributed by atoms with van der Waals surface area (Å²) < 4.78 is 0. The molecule has 1 aliphatic carbocycles. The first-order chi connectivity index (χ1) is 11.7. The van der Waals surface area contributed by atoms with Gasteiger partial charge < -0.3 is 5.32 Å². The highest BCUT2D eigenvalue weighted by atomic mass is 16.5. The van der Waals surface area contributed by atoms with Crippen molar-refractivity contribution in [2.75, 3.05) is 0 Å². The molecule has 1 aromatic carbocycles. The first kappa shape index (κ1) is 16.3. The highest BCUT2D eigenvalue weighted by molar-refractivity contribution is 5.90. The van der Waals surface area contributed by atoms with Crippen LogP contribution in [-0.4, -0.2) is 21.1 Å². The number of nitrogens with one attached hydrogen (secondary N) is 2. The van der Waals surface area contributed by atoms with Crippen LogP contribution in [0.5, 0.6) is 0 Å². The molecule has 1 unspecified atom stereocenters. The number of rotatable bonds is 5. The molecule has 6 nitrogen and oxygen atoms in total. The van der Waals surface area contributed by atoms with Crippen molar-refractivity contribution in [2.24, 2.45) is 0 Å². The molecule has 3 N–H and O–H groups in total. The van der Waals surface area contributed by atoms with Gasteiger partial charge in [-0.15, -0.1) is 0 Å². The molecule has 0 aliphatic heterocycles. The quantitative estimate of drug-likeness (QED) is 0.445. The number of carbonyl (C=O) groups is 1. The molecule has 1 aliphatic rings. The van der Waals surface area contributed by atoms with E-state index in [0.717, 1.165) is 29.8 Å². The van der Waals surface area contributed by atoms with E-state index in [0.29, 0.717) is 12.6 Å². The van der Waals surface area contributed by atoms with Gasteiger partial charge in [0.15, 0.2) is 0 Å². The van der Waals surface area contributed by atoms with E-state index in [2.05, 4.69) is 27.4 Å². The van der Waals surface area contributed by atoms with Gasteiger partial charge in [0.1, 0.15) is 0 Å². The lowest BCUT2D eigenvalue weighted by atomic mass is 10.0. The van der Waals surface area contributed by atoms with Crippen molar-refractivity contribution in [3.05, 3.63) is 64.7 Å². The molecule has 0 fully saturated rings. The van der Waals surface area contributed by atoms with Crippen molar-refractivity contribution in [3.8, 4) is 0 Å². The summed E-state index contributed by atoms with van der Waals surface area (Å²) in [5, 5.41) is 12.0. The summed E-state index contributed by atoms with van der Waals surface area (Å²) >= 11 is 0. The largest absolute Gasteiger partial charge is 0.304 e. The van der Waals surface area contributed by atoms with E-state index in [-0.39, 0.29) is 0 Å². The molecule has 1 amide bonds. The van der Waals surface area contributed by atoms with E-state index in [1.807, 2.05) is 13.0 Å². The number of aromatic nitrogens is 2. The van der Waals surface area contributed by atoms with Crippen LogP contribution in [0.3, 0.4) is 0 Å². The summed E-state index contributed by atoms with van der Waals surface area (Å²) in [7, 11) is 0. The lowest BCUT2D eigenvalue weighted by molar-refractivity contribution is -0.124. The molecule has 0 spiro atoms. The first-order valence-corrected chi connectivity index (χ1v) is 7.91. The van der Waals surface area contributed by atoms with Gasteiger partial charge in [-0.05, 0) is 42.5 Å². The molecule has 1 aromatic heterocycles. The Morgan fingerprint density at radius 1 is 1.38 bits per heavy atom. The number of hydrogen-bond acceptors (Lipinski definition) is 5. The normalized spacial score (nSPS) is 16.3. The number of fused-ring (bicyclic) bond motifs is 1. The predicted octanol–water partition coefficient (Wildman–Crippen LogP) is 2.08. The zero-order chi connectivity index (χ0) is 16.9. The summed E-state index contributed by atoms with van der Waals surface area (Å²) in [5.41, 5.74) is 6.96. The predicted molar refractivity (Wildman–Crippen MR) is 90.1 cm³/mol. The zero-order valence-electron chi connectivity index (χ0n) is 13.5. The lowest BCUT2D eigenvalue weighted by Crippen LogP contribution is -2.19. The maximum Gasteiger partial charge on any atom is 0.267 e. The molecule has 0 radical (unpaired) electrons. The summed E-state index contributed by atoms with van der Waals surface area (Å²) in [6, 6.07) is 6.47. The molecular formula is C18H20N4O2. The minimum atomic E-state index is -0.533. The van der Waals surface area contributed by atoms with Gasteiger partial charge in [-0.3, -0.25) is 20.0 Å². The summed E-state index contributed by atoms with van der Waals surface area (Å²) in [6.45, 7) is 2.61. The fraction of sp³-hybridized carbons (Fsp3) is 0.278. The van der Waals surface area contributed by atoms with Crippen molar-refractivity contribution in [1.82, 2.24) is 20.8 Å². The summed E-state index contributed by atoms with van der Waals surface area (Å²) in [5.74, 6) is -0.533. The van der Waals surface area contributed by atoms with Crippen molar-refractivity contribution >= 4 is 12.0 Å². The average Bonchev–Trinajstić information content (AvgIpc) is 3.01. The summed E-state index contributed by atoms with van der Waals surface area (Å²) in [6.07, 6.45) is 8.62. The Balaban J connectivity index is 1.65. The Morgan fingerprint density at radius 3 is 3.00 bits per heavy atom. The topological polar surface area (TPSA) is 87.1 Å². The van der Waals surface area contributed by atoms with E-state index < -0.39 is 5.91 Å². The number of amides is 1. The number of benzene rings is 1. The van der Waals surface area contributed by atoms with Crippen molar-refractivity contribution in [1.29, 1.82) is 0 Å². The maximum atomic E-state index is 11.0. The van der Waals surface area contributed by atoms with E-state index in [9.17, 15) is 4.79 Å². The fourth-order valence-electron chi connectivity index (χ4n) is 2.90. The molecular weight excluding hydrogens is 304 g/mol. The van der Waals surface area contributed by atoms with Crippen LogP contribution in [0.15, 0.2) is 36.7 Å². The Labute approximate surface area is 140 Å². The molecule has 2 aromatic rings. The third kappa shape index (κ3) is 3.84. The molecule has 0 saturated heterocycles. The van der Waals surface area contributed by atoms with Crippen LogP contribution in [0.25, 0.3) is 6.08 Å². The van der Waals surface area contributed by atoms with Gasteiger partial charge in [-0.2, -0.15) is 0 Å². The van der Waals surface area contributed by atoms with Crippen LogP contribution < -0.4 is 10.8 Å². The van der Waals surface area contributed by atoms with Gasteiger partial charge in [0.05, 0.1) is 11.4 Å². The molecule has 0 bridgehead atoms. The maximum absolute atomic E-state index is 11.0. The number of hydrogen-bond donors (Lipinski definition) is 3. The number of nitrogens with zero attached hydrogens (tertiary/aromatic N) is 2. The highest BCUT2D eigenvalue weighted by Crippen LogP contribution is 2.32. The highest BCUT2D eigenvalue weighted by Gasteiger charge is 2.22. The van der Waals surface area contributed by atoms with Crippen molar-refractivity contribution in [3.63, 3.8) is 0 Å². The van der Waals surface area contributed by atoms with Crippen molar-refractivity contribution in [2.45, 2.75) is 32.4 Å². The number of hydroxylamine groups is 1. The van der Waals surface area contributed by atoms with Gasteiger partial charge in [-0.25, -0.2) is 5.48 Å². The Bertz CT molecular complexity index is 756. The van der Waals surface area contributed by atoms with Crippen LogP contribution in [0, 0.1) is 6.92 Å². The van der Waals surface area contributed by atoms with E-state index >= 15 is 0 Å². The minimum Gasteiger partial charge on any atom is -0.304 e. The first-order valence-electron chi connectivity index (χ1n) is 7.91. The molecule has 3 rings (SSSR count). The third-order valence-electron chi connectivity index (χ3n) is 4.15. The second-order valence-electron chi connectivity index (χ2n) is 5.89. The second-order valence-corrected chi connectivity index (χ2v) is 5.89. The van der Waals surface area contributed by atoms with Crippen molar-refractivity contribution < 1.29 is 10.0 Å². The fourth-order valence-corrected chi connectivity index (χ4v) is 2.90. The van der Waals surface area contributed by atoms with E-state index in [4.69, 9.17) is 5.21 Å². The number of carbonyl (C=O) groups excluding carboxylic acids is 1. The molecule has 24 heavy (non-hydrogen) atoms. The molecule has 1 atom stereocenters. The van der Waals surface area contributed by atoms with Gasteiger partial charge >= 0.3 is 0 Å². The monoisotopic (exact) mass is 324 g/mol. The van der Waals surface area contributed by atoms with Gasteiger partial charge in [0.2, 0.25) is 0 Å². The second kappa shape index (κ2) is 7.33. The van der Waals surface area contributed by atoms with Gasteiger partial charge in [0.25, 0.3) is 5.91 Å². The minimum absolute atomic E-state index is 0.307. The van der Waals surface area contributed by atoms with Crippen LogP contribution >= 0.6 is 0 Å². The van der Waals surface area contributed by atoms with Crippen LogP contribution in [0.1, 0.15) is 40.5 Å². The smallest absolute Gasteiger partial charge is 0.267 e. The van der Waals surface area contributed by atoms with E-state index in [1.165, 1.54) is 17.2 Å². The Kier molecular flexibility index (Phi) is 4.98. The third-order valence-corrected chi connectivity index (χ3v) is 4.15. The lowest BCUT2D eigenvalue weighted by Gasteiger charge is -2.14. The molecule has 1 heterocycles. The zero-order valence-corrected chi connectivity index (χ0v) is 13.5. The van der Waals surface area contributed by atoms with Gasteiger partial charge in [0, 0.05) is 31.1 Å². The van der Waals surface area contributed by atoms with Gasteiger partial charge in [-0.1, -0.05) is 18.2 Å². The SMILES string of the molecule is Cc1cnc(CNC2CCc3cc(/C=C/C(=O)NO)ccc32)cn1. The Morgan fingerprint density at radius 2 is 2.25 bits per heavy atom. The van der Waals surface area contributed by atoms with Crippen LogP contribution in [0.2, 0.25) is 0 Å². The van der Waals surface area contributed by atoms with Crippen LogP contribution in [-0.2, 0) is 17.8 Å². The van der Waals surface area contributed by atoms with Crippen LogP contribution in [0.4, 0.5) is 0 Å².